The summed E-state index contributed by atoms with van der Waals surface area (Å²) >= 11 is 0. The maximum absolute atomic E-state index is 12.9. The second-order valence-electron chi connectivity index (χ2n) is 6.25. The number of piperidine rings is 1. The van der Waals surface area contributed by atoms with E-state index in [1.807, 2.05) is 6.92 Å². The molecular formula is C15H25N5O2S. The van der Waals surface area contributed by atoms with E-state index in [0.29, 0.717) is 32.1 Å². The summed E-state index contributed by atoms with van der Waals surface area (Å²) in [6, 6.07) is 1.89. The smallest absolute Gasteiger partial charge is 0.282 e. The van der Waals surface area contributed by atoms with E-state index in [0.717, 1.165) is 32.2 Å². The Balaban J connectivity index is 1.70. The van der Waals surface area contributed by atoms with Crippen molar-refractivity contribution in [2.24, 2.45) is 0 Å². The molecule has 0 aliphatic carbocycles. The minimum atomic E-state index is -3.36. The third-order valence-corrected chi connectivity index (χ3v) is 6.81. The number of hydrogen-bond acceptors (Lipinski definition) is 5. The van der Waals surface area contributed by atoms with E-state index < -0.39 is 10.2 Å². The predicted molar refractivity (Wildman–Crippen MR) is 89.4 cm³/mol. The van der Waals surface area contributed by atoms with Gasteiger partial charge in [0, 0.05) is 51.2 Å². The summed E-state index contributed by atoms with van der Waals surface area (Å²) in [5, 5.41) is 0. The Morgan fingerprint density at radius 3 is 2.52 bits per heavy atom. The molecule has 2 fully saturated rings. The number of anilines is 1. The highest BCUT2D eigenvalue weighted by atomic mass is 32.2. The lowest BCUT2D eigenvalue weighted by Gasteiger charge is -2.36. The zero-order valence-electron chi connectivity index (χ0n) is 13.6. The molecule has 1 atom stereocenters. The molecule has 2 aliphatic heterocycles. The van der Waals surface area contributed by atoms with Crippen LogP contribution < -0.4 is 4.90 Å². The molecule has 2 aliphatic rings. The van der Waals surface area contributed by atoms with Gasteiger partial charge in [-0.25, -0.2) is 9.97 Å². The van der Waals surface area contributed by atoms with Gasteiger partial charge in [0.1, 0.15) is 0 Å². The summed E-state index contributed by atoms with van der Waals surface area (Å²) in [7, 11) is -3.36. The van der Waals surface area contributed by atoms with Gasteiger partial charge in [-0.2, -0.15) is 17.0 Å². The first-order chi connectivity index (χ1) is 11.1. The van der Waals surface area contributed by atoms with Crippen molar-refractivity contribution < 1.29 is 8.42 Å². The highest BCUT2D eigenvalue weighted by molar-refractivity contribution is 7.86. The van der Waals surface area contributed by atoms with Crippen molar-refractivity contribution in [3.8, 4) is 0 Å². The minimum absolute atomic E-state index is 0.102. The van der Waals surface area contributed by atoms with E-state index in [-0.39, 0.29) is 6.04 Å². The molecule has 7 nitrogen and oxygen atoms in total. The Kier molecular flexibility index (Phi) is 5.13. The van der Waals surface area contributed by atoms with Crippen LogP contribution in [-0.4, -0.2) is 65.8 Å². The molecule has 0 N–H and O–H groups in total. The molecule has 0 radical (unpaired) electrons. The Bertz CT molecular complexity index is 610. The van der Waals surface area contributed by atoms with E-state index >= 15 is 0 Å². The van der Waals surface area contributed by atoms with Gasteiger partial charge in [0.25, 0.3) is 10.2 Å². The number of hydrogen-bond donors (Lipinski definition) is 0. The second kappa shape index (κ2) is 7.11. The van der Waals surface area contributed by atoms with Crippen LogP contribution in [0.2, 0.25) is 0 Å². The highest BCUT2D eigenvalue weighted by Crippen LogP contribution is 2.23. The van der Waals surface area contributed by atoms with E-state index in [1.54, 1.807) is 27.1 Å². The lowest BCUT2D eigenvalue weighted by molar-refractivity contribution is 0.246. The zero-order chi connectivity index (χ0) is 16.3. The van der Waals surface area contributed by atoms with E-state index in [1.165, 1.54) is 0 Å². The van der Waals surface area contributed by atoms with Gasteiger partial charge in [-0.15, -0.1) is 0 Å². The van der Waals surface area contributed by atoms with Gasteiger partial charge in [-0.05, 0) is 32.3 Å². The molecule has 0 amide bonds. The zero-order valence-corrected chi connectivity index (χ0v) is 14.5. The highest BCUT2D eigenvalue weighted by Gasteiger charge is 2.35. The van der Waals surface area contributed by atoms with Crippen molar-refractivity contribution >= 4 is 16.2 Å². The molecular weight excluding hydrogens is 314 g/mol. The standard InChI is InChI=1S/C15H25N5O2S/c1-14-6-2-3-11-20(14)23(21,22)19-10-5-9-18(12-13-19)15-16-7-4-8-17-15/h4,7-8,14H,2-3,5-6,9-13H2,1H3. The van der Waals surface area contributed by atoms with E-state index in [2.05, 4.69) is 14.9 Å². The van der Waals surface area contributed by atoms with E-state index in [9.17, 15) is 8.42 Å². The topological polar surface area (TPSA) is 69.6 Å². The van der Waals surface area contributed by atoms with Crippen molar-refractivity contribution in [3.63, 3.8) is 0 Å². The summed E-state index contributed by atoms with van der Waals surface area (Å²) in [5.41, 5.74) is 0. The molecule has 0 saturated carbocycles. The van der Waals surface area contributed by atoms with E-state index in [4.69, 9.17) is 0 Å². The lowest BCUT2D eigenvalue weighted by Crippen LogP contribution is -2.50. The predicted octanol–water partition coefficient (Wildman–Crippen LogP) is 1.11. The van der Waals surface area contributed by atoms with Gasteiger partial charge in [-0.3, -0.25) is 0 Å². The van der Waals surface area contributed by atoms with Crippen LogP contribution in [0.1, 0.15) is 32.6 Å². The average molecular weight is 339 g/mol. The van der Waals surface area contributed by atoms with Crippen LogP contribution in [0.15, 0.2) is 18.5 Å². The Morgan fingerprint density at radius 2 is 1.78 bits per heavy atom. The Labute approximate surface area is 138 Å². The van der Waals surface area contributed by atoms with Crippen molar-refractivity contribution in [1.29, 1.82) is 0 Å². The van der Waals surface area contributed by atoms with Crippen LogP contribution in [0.5, 0.6) is 0 Å². The first-order valence-corrected chi connectivity index (χ1v) is 9.77. The monoisotopic (exact) mass is 339 g/mol. The van der Waals surface area contributed by atoms with Crippen LogP contribution >= 0.6 is 0 Å². The summed E-state index contributed by atoms with van der Waals surface area (Å²) < 4.78 is 29.2. The average Bonchev–Trinajstić information content (AvgIpc) is 2.82. The number of aromatic nitrogens is 2. The largest absolute Gasteiger partial charge is 0.339 e. The van der Waals surface area contributed by atoms with Gasteiger partial charge in [0.05, 0.1) is 0 Å². The summed E-state index contributed by atoms with van der Waals surface area (Å²) in [6.07, 6.45) is 7.26. The maximum Gasteiger partial charge on any atom is 0.282 e. The van der Waals surface area contributed by atoms with Crippen LogP contribution in [0.3, 0.4) is 0 Å². The molecule has 0 aromatic carbocycles. The van der Waals surface area contributed by atoms with Gasteiger partial charge in [0.2, 0.25) is 5.95 Å². The van der Waals surface area contributed by atoms with Crippen molar-refractivity contribution in [1.82, 2.24) is 18.6 Å². The van der Waals surface area contributed by atoms with Gasteiger partial charge in [0.15, 0.2) is 0 Å². The molecule has 8 heteroatoms. The summed E-state index contributed by atoms with van der Waals surface area (Å²) in [4.78, 5) is 10.6. The molecule has 3 heterocycles. The quantitative estimate of drug-likeness (QED) is 0.825. The Hall–Kier alpha value is -1.25. The van der Waals surface area contributed by atoms with Crippen molar-refractivity contribution in [2.45, 2.75) is 38.6 Å². The molecule has 23 heavy (non-hydrogen) atoms. The molecule has 1 aromatic rings. The van der Waals surface area contributed by atoms with Crippen molar-refractivity contribution in [3.05, 3.63) is 18.5 Å². The van der Waals surface area contributed by atoms with Crippen LogP contribution in [-0.2, 0) is 10.2 Å². The van der Waals surface area contributed by atoms with Gasteiger partial charge in [-0.1, -0.05) is 6.42 Å². The SMILES string of the molecule is CC1CCCCN1S(=O)(=O)N1CCCN(c2ncccn2)CC1. The third kappa shape index (κ3) is 3.64. The number of rotatable bonds is 3. The van der Waals surface area contributed by atoms with Gasteiger partial charge < -0.3 is 4.90 Å². The van der Waals surface area contributed by atoms with Gasteiger partial charge >= 0.3 is 0 Å². The Morgan fingerprint density at radius 1 is 1.00 bits per heavy atom. The molecule has 0 spiro atoms. The van der Waals surface area contributed by atoms with Crippen LogP contribution in [0.4, 0.5) is 5.95 Å². The summed E-state index contributed by atoms with van der Waals surface area (Å²) in [6.45, 7) is 5.12. The maximum atomic E-state index is 12.9. The fourth-order valence-corrected chi connectivity index (χ4v) is 5.23. The minimum Gasteiger partial charge on any atom is -0.339 e. The van der Waals surface area contributed by atoms with Crippen LogP contribution in [0, 0.1) is 0 Å². The normalized spacial score (nSPS) is 25.3. The molecule has 1 unspecified atom stereocenters. The lowest BCUT2D eigenvalue weighted by atomic mass is 10.1. The first-order valence-electron chi connectivity index (χ1n) is 8.38. The molecule has 0 bridgehead atoms. The molecule has 128 valence electrons. The van der Waals surface area contributed by atoms with Crippen molar-refractivity contribution in [2.75, 3.05) is 37.6 Å². The summed E-state index contributed by atoms with van der Waals surface area (Å²) in [5.74, 6) is 0.679. The first kappa shape index (κ1) is 16.6. The second-order valence-corrected chi connectivity index (χ2v) is 8.13. The molecule has 1 aromatic heterocycles. The molecule has 2 saturated heterocycles. The van der Waals surface area contributed by atoms with Crippen LogP contribution in [0.25, 0.3) is 0 Å². The molecule has 3 rings (SSSR count). The fraction of sp³-hybridized carbons (Fsp3) is 0.733. The fourth-order valence-electron chi connectivity index (χ4n) is 3.34. The third-order valence-electron chi connectivity index (χ3n) is 4.65. The number of nitrogens with zero attached hydrogens (tertiary/aromatic N) is 5.